The molecule has 0 bridgehead atoms. The molecule has 20 heavy (non-hydrogen) atoms. The van der Waals surface area contributed by atoms with Gasteiger partial charge in [-0.3, -0.25) is 5.10 Å². The molecule has 0 aliphatic carbocycles. The van der Waals surface area contributed by atoms with E-state index in [0.29, 0.717) is 5.69 Å². The maximum absolute atomic E-state index is 12.2. The normalized spacial score (nSPS) is 11.8. The molecule has 3 N–H and O–H groups in total. The molecule has 0 aliphatic rings. The Balaban J connectivity index is 2.19. The monoisotopic (exact) mass is 359 g/mol. The second kappa shape index (κ2) is 6.04. The van der Waals surface area contributed by atoms with Crippen molar-refractivity contribution in [1.82, 2.24) is 14.9 Å². The molecule has 0 aliphatic heterocycles. The van der Waals surface area contributed by atoms with Crippen LogP contribution in [0, 0.1) is 6.92 Å². The molecule has 0 amide bonds. The van der Waals surface area contributed by atoms with E-state index in [-0.39, 0.29) is 17.1 Å². The number of halogens is 1. The Morgan fingerprint density at radius 3 is 2.60 bits per heavy atom. The van der Waals surface area contributed by atoms with E-state index in [1.54, 1.807) is 6.92 Å². The maximum atomic E-state index is 12.2. The first-order valence-corrected chi connectivity index (χ1v) is 8.10. The lowest BCUT2D eigenvalue weighted by atomic mass is 10.2. The zero-order valence-electron chi connectivity index (χ0n) is 10.7. The zero-order chi connectivity index (χ0) is 14.8. The molecule has 1 aromatic carbocycles. The molecule has 0 atom stereocenters. The molecule has 2 rings (SSSR count). The molecular weight excluding hydrogens is 346 g/mol. The molecule has 1 heterocycles. The molecule has 6 nitrogen and oxygen atoms in total. The minimum Gasteiger partial charge on any atom is -0.390 e. The lowest BCUT2D eigenvalue weighted by molar-refractivity contribution is 0.273. The van der Waals surface area contributed by atoms with Crippen LogP contribution in [0.15, 0.2) is 33.6 Å². The second-order valence-corrected chi connectivity index (χ2v) is 6.85. The first kappa shape index (κ1) is 15.2. The number of H-pyrrole nitrogens is 1. The van der Waals surface area contributed by atoms with Crippen molar-refractivity contribution in [2.45, 2.75) is 25.0 Å². The molecule has 0 radical (unpaired) electrons. The van der Waals surface area contributed by atoms with Crippen molar-refractivity contribution in [2.24, 2.45) is 0 Å². The lowest BCUT2D eigenvalue weighted by Crippen LogP contribution is -2.24. The number of hydrogen-bond donors (Lipinski definition) is 3. The average Bonchev–Trinajstić information content (AvgIpc) is 2.80. The van der Waals surface area contributed by atoms with Crippen molar-refractivity contribution in [3.63, 3.8) is 0 Å². The molecular formula is C12H14BrN3O3S. The number of aromatic amines is 1. The summed E-state index contributed by atoms with van der Waals surface area (Å²) in [6.07, 6.45) is 0. The van der Waals surface area contributed by atoms with Gasteiger partial charge in [0.1, 0.15) is 10.6 Å². The maximum Gasteiger partial charge on any atom is 0.244 e. The van der Waals surface area contributed by atoms with E-state index in [0.717, 1.165) is 10.0 Å². The summed E-state index contributed by atoms with van der Waals surface area (Å²) in [5.74, 6) is 0. The predicted molar refractivity (Wildman–Crippen MR) is 77.4 cm³/mol. The van der Waals surface area contributed by atoms with Gasteiger partial charge in [-0.25, -0.2) is 13.1 Å². The first-order valence-electron chi connectivity index (χ1n) is 5.83. The number of nitrogens with one attached hydrogen (secondary N) is 2. The fraction of sp³-hybridized carbons (Fsp3) is 0.250. The van der Waals surface area contributed by atoms with Crippen LogP contribution in [0.25, 0.3) is 0 Å². The van der Waals surface area contributed by atoms with Crippen molar-refractivity contribution in [3.8, 4) is 0 Å². The van der Waals surface area contributed by atoms with Crippen LogP contribution < -0.4 is 4.72 Å². The van der Waals surface area contributed by atoms with Gasteiger partial charge in [0.25, 0.3) is 0 Å². The summed E-state index contributed by atoms with van der Waals surface area (Å²) in [5.41, 5.74) is 1.35. The summed E-state index contributed by atoms with van der Waals surface area (Å²) >= 11 is 3.32. The summed E-state index contributed by atoms with van der Waals surface area (Å²) in [7, 11) is -3.71. The van der Waals surface area contributed by atoms with Crippen LogP contribution >= 0.6 is 15.9 Å². The van der Waals surface area contributed by atoms with Crippen LogP contribution in [-0.2, 0) is 23.2 Å². The number of aliphatic hydroxyl groups excluding tert-OH is 1. The minimum atomic E-state index is -3.71. The molecule has 8 heteroatoms. The summed E-state index contributed by atoms with van der Waals surface area (Å²) in [4.78, 5) is 0.0112. The van der Waals surface area contributed by atoms with Crippen LogP contribution in [0.4, 0.5) is 0 Å². The van der Waals surface area contributed by atoms with Crippen molar-refractivity contribution in [1.29, 1.82) is 0 Å². The van der Waals surface area contributed by atoms with Gasteiger partial charge >= 0.3 is 0 Å². The topological polar surface area (TPSA) is 95.1 Å². The number of aromatic nitrogens is 2. The Bertz CT molecular complexity index is 695. The molecule has 0 unspecified atom stereocenters. The van der Waals surface area contributed by atoms with E-state index in [1.807, 2.05) is 24.3 Å². The van der Waals surface area contributed by atoms with Crippen LogP contribution in [0.5, 0.6) is 0 Å². The second-order valence-electron chi connectivity index (χ2n) is 4.23. The highest BCUT2D eigenvalue weighted by Crippen LogP contribution is 2.18. The number of rotatable bonds is 5. The van der Waals surface area contributed by atoms with E-state index in [4.69, 9.17) is 5.11 Å². The van der Waals surface area contributed by atoms with Gasteiger partial charge in [-0.2, -0.15) is 5.10 Å². The summed E-state index contributed by atoms with van der Waals surface area (Å²) < 4.78 is 27.9. The van der Waals surface area contributed by atoms with Gasteiger partial charge in [-0.15, -0.1) is 0 Å². The number of hydrogen-bond acceptors (Lipinski definition) is 4. The van der Waals surface area contributed by atoms with E-state index in [9.17, 15) is 8.42 Å². The highest BCUT2D eigenvalue weighted by atomic mass is 79.9. The minimum absolute atomic E-state index is 0.0112. The summed E-state index contributed by atoms with van der Waals surface area (Å²) in [5, 5.41) is 15.5. The van der Waals surface area contributed by atoms with Gasteiger partial charge in [0.05, 0.1) is 12.3 Å². The van der Waals surface area contributed by atoms with Gasteiger partial charge < -0.3 is 5.11 Å². The van der Waals surface area contributed by atoms with Crippen LogP contribution in [-0.4, -0.2) is 23.7 Å². The van der Waals surface area contributed by atoms with E-state index < -0.39 is 16.6 Å². The number of aryl methyl sites for hydroxylation is 1. The number of aliphatic hydroxyl groups is 1. The SMILES string of the molecule is Cc1[nH]nc(CO)c1S(=O)(=O)NCc1ccc(Br)cc1. The summed E-state index contributed by atoms with van der Waals surface area (Å²) in [6, 6.07) is 7.32. The standard InChI is InChI=1S/C12H14BrN3O3S/c1-8-12(11(7-17)16-15-8)20(18,19)14-6-9-2-4-10(13)5-3-9/h2-5,14,17H,6-7H2,1H3,(H,15,16). The molecule has 0 saturated heterocycles. The molecule has 0 fully saturated rings. The van der Waals surface area contributed by atoms with Gasteiger partial charge in [-0.1, -0.05) is 28.1 Å². The number of sulfonamides is 1. The highest BCUT2D eigenvalue weighted by molar-refractivity contribution is 9.10. The predicted octanol–water partition coefficient (Wildman–Crippen LogP) is 1.45. The van der Waals surface area contributed by atoms with Crippen LogP contribution in [0.2, 0.25) is 0 Å². The van der Waals surface area contributed by atoms with E-state index >= 15 is 0 Å². The van der Waals surface area contributed by atoms with Crippen LogP contribution in [0.3, 0.4) is 0 Å². The third-order valence-corrected chi connectivity index (χ3v) is 4.89. The third-order valence-electron chi connectivity index (χ3n) is 2.76. The fourth-order valence-corrected chi connectivity index (χ4v) is 3.42. The van der Waals surface area contributed by atoms with Gasteiger partial charge in [0.15, 0.2) is 0 Å². The first-order chi connectivity index (χ1) is 9.44. The largest absolute Gasteiger partial charge is 0.390 e. The van der Waals surface area contributed by atoms with Crippen molar-refractivity contribution >= 4 is 26.0 Å². The Labute approximate surface area is 125 Å². The Kier molecular flexibility index (Phi) is 4.59. The lowest BCUT2D eigenvalue weighted by Gasteiger charge is -2.07. The fourth-order valence-electron chi connectivity index (χ4n) is 1.79. The Hall–Kier alpha value is -1.22. The van der Waals surface area contributed by atoms with E-state index in [2.05, 4.69) is 30.8 Å². The van der Waals surface area contributed by atoms with Crippen molar-refractivity contribution < 1.29 is 13.5 Å². The molecule has 2 aromatic rings. The smallest absolute Gasteiger partial charge is 0.244 e. The van der Waals surface area contributed by atoms with Crippen molar-refractivity contribution in [2.75, 3.05) is 0 Å². The molecule has 0 saturated carbocycles. The van der Waals surface area contributed by atoms with Gasteiger partial charge in [0.2, 0.25) is 10.0 Å². The third kappa shape index (κ3) is 3.26. The molecule has 1 aromatic heterocycles. The highest BCUT2D eigenvalue weighted by Gasteiger charge is 2.23. The Morgan fingerprint density at radius 1 is 1.35 bits per heavy atom. The van der Waals surface area contributed by atoms with E-state index in [1.165, 1.54) is 0 Å². The van der Waals surface area contributed by atoms with Crippen LogP contribution in [0.1, 0.15) is 17.0 Å². The zero-order valence-corrected chi connectivity index (χ0v) is 13.1. The number of nitrogens with zero attached hydrogens (tertiary/aromatic N) is 1. The number of benzene rings is 1. The Morgan fingerprint density at radius 2 is 2.00 bits per heavy atom. The molecule has 0 spiro atoms. The molecule has 108 valence electrons. The average molecular weight is 360 g/mol. The van der Waals surface area contributed by atoms with Gasteiger partial charge in [-0.05, 0) is 24.6 Å². The quantitative estimate of drug-likeness (QED) is 0.752. The van der Waals surface area contributed by atoms with Gasteiger partial charge in [0, 0.05) is 11.0 Å². The summed E-state index contributed by atoms with van der Waals surface area (Å²) in [6.45, 7) is 1.34. The van der Waals surface area contributed by atoms with Crippen molar-refractivity contribution in [3.05, 3.63) is 45.7 Å².